The third kappa shape index (κ3) is 3.28. The summed E-state index contributed by atoms with van der Waals surface area (Å²) in [5, 5.41) is 22.1. The molecule has 0 aromatic carbocycles. The zero-order valence-corrected chi connectivity index (χ0v) is 8.58. The number of aromatic nitrogens is 1. The molecule has 7 heteroatoms. The van der Waals surface area contributed by atoms with Gasteiger partial charge < -0.3 is 10.4 Å². The van der Waals surface area contributed by atoms with Gasteiger partial charge >= 0.3 is 0 Å². The summed E-state index contributed by atoms with van der Waals surface area (Å²) < 4.78 is 0. The van der Waals surface area contributed by atoms with E-state index < -0.39 is 23.0 Å². The fourth-order valence-corrected chi connectivity index (χ4v) is 1.02. The van der Waals surface area contributed by atoms with E-state index in [9.17, 15) is 20.0 Å². The summed E-state index contributed by atoms with van der Waals surface area (Å²) in [6.07, 6.45) is 2.91. The first-order valence-corrected chi connectivity index (χ1v) is 4.47. The van der Waals surface area contributed by atoms with Crippen molar-refractivity contribution in [3.05, 3.63) is 34.6 Å². The SMILES string of the molecule is C[C@](O)(C[N+](=O)[O-])C(=O)Nc1ccncc1. The first-order chi connectivity index (χ1) is 7.42. The summed E-state index contributed by atoms with van der Waals surface area (Å²) >= 11 is 0. The maximum absolute atomic E-state index is 11.5. The van der Waals surface area contributed by atoms with Gasteiger partial charge in [-0.2, -0.15) is 0 Å². The van der Waals surface area contributed by atoms with Crippen LogP contribution in [0.15, 0.2) is 24.5 Å². The van der Waals surface area contributed by atoms with E-state index in [0.717, 1.165) is 6.92 Å². The number of hydrogen-bond donors (Lipinski definition) is 2. The molecule has 1 heterocycles. The molecule has 7 nitrogen and oxygen atoms in total. The quantitative estimate of drug-likeness (QED) is 0.556. The number of nitro groups is 1. The van der Waals surface area contributed by atoms with Crippen molar-refractivity contribution in [2.45, 2.75) is 12.5 Å². The molecule has 2 N–H and O–H groups in total. The van der Waals surface area contributed by atoms with Crippen molar-refractivity contribution < 1.29 is 14.8 Å². The summed E-state index contributed by atoms with van der Waals surface area (Å²) in [4.78, 5) is 24.7. The van der Waals surface area contributed by atoms with Crippen molar-refractivity contribution in [3.8, 4) is 0 Å². The second-order valence-electron chi connectivity index (χ2n) is 3.45. The molecule has 0 radical (unpaired) electrons. The minimum Gasteiger partial charge on any atom is -0.375 e. The number of carbonyl (C=O) groups is 1. The molecular weight excluding hydrogens is 214 g/mol. The van der Waals surface area contributed by atoms with Gasteiger partial charge in [0, 0.05) is 23.0 Å². The topological polar surface area (TPSA) is 105 Å². The van der Waals surface area contributed by atoms with Gasteiger partial charge in [-0.25, -0.2) is 0 Å². The van der Waals surface area contributed by atoms with Crippen LogP contribution in [0.4, 0.5) is 5.69 Å². The van der Waals surface area contributed by atoms with Crippen LogP contribution >= 0.6 is 0 Å². The van der Waals surface area contributed by atoms with Crippen LogP contribution in [0.25, 0.3) is 0 Å². The molecule has 0 unspecified atom stereocenters. The highest BCUT2D eigenvalue weighted by Crippen LogP contribution is 2.10. The highest BCUT2D eigenvalue weighted by Gasteiger charge is 2.36. The molecular formula is C9H11N3O4. The van der Waals surface area contributed by atoms with Gasteiger partial charge in [-0.1, -0.05) is 0 Å². The van der Waals surface area contributed by atoms with Gasteiger partial charge in [0.2, 0.25) is 12.1 Å². The number of anilines is 1. The summed E-state index contributed by atoms with van der Waals surface area (Å²) in [6.45, 7) is 0.246. The van der Waals surface area contributed by atoms with Crippen molar-refractivity contribution >= 4 is 11.6 Å². The molecule has 0 spiro atoms. The minimum absolute atomic E-state index is 0.420. The number of hydrogen-bond acceptors (Lipinski definition) is 5. The van der Waals surface area contributed by atoms with Crippen molar-refractivity contribution in [2.24, 2.45) is 0 Å². The summed E-state index contributed by atoms with van der Waals surface area (Å²) in [7, 11) is 0. The lowest BCUT2D eigenvalue weighted by Gasteiger charge is -2.17. The van der Waals surface area contributed by atoms with Crippen LogP contribution in [-0.4, -0.2) is 33.1 Å². The number of nitrogens with one attached hydrogen (secondary N) is 1. The summed E-state index contributed by atoms with van der Waals surface area (Å²) in [5.74, 6) is -0.824. The normalized spacial score (nSPS) is 13.9. The van der Waals surface area contributed by atoms with Crippen molar-refractivity contribution in [3.63, 3.8) is 0 Å². The Labute approximate surface area is 91.3 Å². The van der Waals surface area contributed by atoms with Crippen LogP contribution in [0.1, 0.15) is 6.92 Å². The Morgan fingerprint density at radius 2 is 2.19 bits per heavy atom. The van der Waals surface area contributed by atoms with Gasteiger partial charge in [-0.3, -0.25) is 19.9 Å². The van der Waals surface area contributed by atoms with Crippen molar-refractivity contribution in [2.75, 3.05) is 11.9 Å². The van der Waals surface area contributed by atoms with Crippen molar-refractivity contribution in [1.29, 1.82) is 0 Å². The Hall–Kier alpha value is -2.02. The molecule has 0 aliphatic rings. The molecule has 1 aromatic rings. The van der Waals surface area contributed by atoms with E-state index >= 15 is 0 Å². The zero-order chi connectivity index (χ0) is 12.2. The Morgan fingerprint density at radius 1 is 1.62 bits per heavy atom. The van der Waals surface area contributed by atoms with Gasteiger partial charge in [-0.05, 0) is 19.1 Å². The van der Waals surface area contributed by atoms with Gasteiger partial charge in [0.05, 0.1) is 0 Å². The lowest BCUT2D eigenvalue weighted by atomic mass is 10.1. The number of aliphatic hydroxyl groups is 1. The fraction of sp³-hybridized carbons (Fsp3) is 0.333. The molecule has 1 aromatic heterocycles. The Balaban J connectivity index is 2.68. The molecule has 0 aliphatic heterocycles. The van der Waals surface area contributed by atoms with Gasteiger partial charge in [0.15, 0.2) is 0 Å². The van der Waals surface area contributed by atoms with E-state index in [1.807, 2.05) is 0 Å². The van der Waals surface area contributed by atoms with Crippen LogP contribution in [0.3, 0.4) is 0 Å². The molecule has 1 rings (SSSR count). The van der Waals surface area contributed by atoms with E-state index in [1.165, 1.54) is 24.5 Å². The summed E-state index contributed by atoms with van der Waals surface area (Å²) in [6, 6.07) is 3.03. The van der Waals surface area contributed by atoms with Gasteiger partial charge in [0.1, 0.15) is 0 Å². The van der Waals surface area contributed by atoms with Gasteiger partial charge in [0.25, 0.3) is 5.91 Å². The van der Waals surface area contributed by atoms with E-state index in [4.69, 9.17) is 0 Å². The lowest BCUT2D eigenvalue weighted by Crippen LogP contribution is -2.45. The van der Waals surface area contributed by atoms with Crippen molar-refractivity contribution in [1.82, 2.24) is 4.98 Å². The van der Waals surface area contributed by atoms with E-state index in [0.29, 0.717) is 5.69 Å². The molecule has 1 atom stereocenters. The highest BCUT2D eigenvalue weighted by molar-refractivity contribution is 5.96. The number of carbonyl (C=O) groups excluding carboxylic acids is 1. The zero-order valence-electron chi connectivity index (χ0n) is 8.58. The molecule has 1 amide bonds. The van der Waals surface area contributed by atoms with Crippen LogP contribution in [0, 0.1) is 10.1 Å². The highest BCUT2D eigenvalue weighted by atomic mass is 16.6. The average molecular weight is 225 g/mol. The molecule has 16 heavy (non-hydrogen) atoms. The predicted octanol–water partition coefficient (Wildman–Crippen LogP) is 0.0478. The minimum atomic E-state index is -2.03. The maximum atomic E-state index is 11.5. The lowest BCUT2D eigenvalue weighted by molar-refractivity contribution is -0.495. The molecule has 86 valence electrons. The van der Waals surface area contributed by atoms with Crippen LogP contribution < -0.4 is 5.32 Å². The molecule has 0 saturated heterocycles. The molecule has 0 fully saturated rings. The molecule has 0 aliphatic carbocycles. The van der Waals surface area contributed by atoms with E-state index in [1.54, 1.807) is 0 Å². The average Bonchev–Trinajstić information content (AvgIpc) is 2.17. The standard InChI is InChI=1S/C9H11N3O4/c1-9(14,6-12(15)16)8(13)11-7-2-4-10-5-3-7/h2-5,14H,6H2,1H3,(H,10,11,13)/t9-/m0/s1. The number of amides is 1. The number of rotatable bonds is 4. The first-order valence-electron chi connectivity index (χ1n) is 4.47. The predicted molar refractivity (Wildman–Crippen MR) is 55.4 cm³/mol. The Kier molecular flexibility index (Phi) is 3.51. The van der Waals surface area contributed by atoms with Crippen LogP contribution in [-0.2, 0) is 4.79 Å². The number of nitrogens with zero attached hydrogens (tertiary/aromatic N) is 2. The maximum Gasteiger partial charge on any atom is 0.262 e. The first kappa shape index (κ1) is 12.1. The van der Waals surface area contributed by atoms with E-state index in [-0.39, 0.29) is 0 Å². The van der Waals surface area contributed by atoms with Crippen LogP contribution in [0.2, 0.25) is 0 Å². The third-order valence-corrected chi connectivity index (χ3v) is 1.86. The Bertz CT molecular complexity index is 391. The molecule has 0 saturated carbocycles. The largest absolute Gasteiger partial charge is 0.375 e. The summed E-state index contributed by atoms with van der Waals surface area (Å²) in [5.41, 5.74) is -1.61. The molecule has 0 bridgehead atoms. The Morgan fingerprint density at radius 3 is 2.69 bits per heavy atom. The smallest absolute Gasteiger partial charge is 0.262 e. The van der Waals surface area contributed by atoms with Crippen LogP contribution in [0.5, 0.6) is 0 Å². The van der Waals surface area contributed by atoms with E-state index in [2.05, 4.69) is 10.3 Å². The fourth-order valence-electron chi connectivity index (χ4n) is 1.02. The second kappa shape index (κ2) is 4.67. The number of pyridine rings is 1. The van der Waals surface area contributed by atoms with Gasteiger partial charge in [-0.15, -0.1) is 0 Å². The monoisotopic (exact) mass is 225 g/mol. The third-order valence-electron chi connectivity index (χ3n) is 1.86. The second-order valence-corrected chi connectivity index (χ2v) is 3.45.